The van der Waals surface area contributed by atoms with E-state index in [2.05, 4.69) is 10.6 Å². The number of esters is 1. The molecule has 0 aliphatic heterocycles. The van der Waals surface area contributed by atoms with Gasteiger partial charge < -0.3 is 20.1 Å². The van der Waals surface area contributed by atoms with Crippen LogP contribution < -0.4 is 15.4 Å². The molecule has 31 heavy (non-hydrogen) atoms. The lowest BCUT2D eigenvalue weighted by Crippen LogP contribution is -2.40. The number of benzene rings is 2. The van der Waals surface area contributed by atoms with Crippen LogP contribution in [0.2, 0.25) is 0 Å². The molecule has 164 valence electrons. The van der Waals surface area contributed by atoms with E-state index in [0.717, 1.165) is 28.1 Å². The number of amides is 2. The molecule has 7 heteroatoms. The van der Waals surface area contributed by atoms with Crippen molar-refractivity contribution < 1.29 is 23.9 Å². The van der Waals surface area contributed by atoms with E-state index in [1.165, 1.54) is 13.0 Å². The van der Waals surface area contributed by atoms with Gasteiger partial charge >= 0.3 is 5.97 Å². The van der Waals surface area contributed by atoms with Gasteiger partial charge in [0.25, 0.3) is 5.91 Å². The quantitative estimate of drug-likeness (QED) is 0.475. The lowest BCUT2D eigenvalue weighted by Gasteiger charge is -2.14. The molecular weight excluding hydrogens is 396 g/mol. The van der Waals surface area contributed by atoms with E-state index in [9.17, 15) is 14.4 Å². The summed E-state index contributed by atoms with van der Waals surface area (Å²) >= 11 is 0. The van der Waals surface area contributed by atoms with Crippen molar-refractivity contribution >= 4 is 29.5 Å². The van der Waals surface area contributed by atoms with Gasteiger partial charge in [-0.3, -0.25) is 9.59 Å². The molecular formula is C24H28N2O5. The van der Waals surface area contributed by atoms with Crippen LogP contribution in [0.3, 0.4) is 0 Å². The van der Waals surface area contributed by atoms with Crippen LogP contribution in [0.15, 0.2) is 48.5 Å². The largest absolute Gasteiger partial charge is 0.494 e. The van der Waals surface area contributed by atoms with E-state index in [1.54, 1.807) is 30.3 Å². The Labute approximate surface area is 182 Å². The minimum atomic E-state index is -1.04. The van der Waals surface area contributed by atoms with Crippen LogP contribution in [0.1, 0.15) is 30.5 Å². The zero-order valence-corrected chi connectivity index (χ0v) is 18.2. The first-order valence-electron chi connectivity index (χ1n) is 10.1. The van der Waals surface area contributed by atoms with Gasteiger partial charge in [-0.2, -0.15) is 0 Å². The van der Waals surface area contributed by atoms with Crippen molar-refractivity contribution in [1.82, 2.24) is 5.32 Å². The van der Waals surface area contributed by atoms with E-state index in [1.807, 2.05) is 39.0 Å². The van der Waals surface area contributed by atoms with E-state index >= 15 is 0 Å². The highest BCUT2D eigenvalue weighted by molar-refractivity contribution is 5.96. The van der Waals surface area contributed by atoms with Gasteiger partial charge in [-0.05, 0) is 62.6 Å². The van der Waals surface area contributed by atoms with Gasteiger partial charge in [0.15, 0.2) is 6.10 Å². The smallest absolute Gasteiger partial charge is 0.331 e. The first-order chi connectivity index (χ1) is 14.8. The first-order valence-corrected chi connectivity index (χ1v) is 10.1. The molecule has 1 atom stereocenters. The number of aryl methyl sites for hydroxylation is 2. The summed E-state index contributed by atoms with van der Waals surface area (Å²) in [6.07, 6.45) is 1.79. The van der Waals surface area contributed by atoms with Crippen LogP contribution in [0.25, 0.3) is 6.08 Å². The van der Waals surface area contributed by atoms with Crippen molar-refractivity contribution in [2.45, 2.75) is 33.8 Å². The number of carbonyl (C=O) groups excluding carboxylic acids is 3. The van der Waals surface area contributed by atoms with Crippen molar-refractivity contribution in [3.8, 4) is 5.75 Å². The SMILES string of the molecule is CCOc1ccc(/C=C/C(=O)OC(C)C(=O)NCC(=O)Nc2c(C)cccc2C)cc1. The molecule has 0 fully saturated rings. The zero-order valence-electron chi connectivity index (χ0n) is 18.2. The number of rotatable bonds is 9. The first kappa shape index (κ1) is 23.7. The summed E-state index contributed by atoms with van der Waals surface area (Å²) < 4.78 is 10.5. The van der Waals surface area contributed by atoms with Crippen LogP contribution in [0.5, 0.6) is 5.75 Å². The molecule has 0 heterocycles. The Morgan fingerprint density at radius 2 is 1.68 bits per heavy atom. The molecule has 2 aromatic rings. The van der Waals surface area contributed by atoms with Crippen LogP contribution in [0.4, 0.5) is 5.69 Å². The van der Waals surface area contributed by atoms with Gasteiger partial charge in [0.1, 0.15) is 5.75 Å². The molecule has 0 aliphatic carbocycles. The molecule has 0 radical (unpaired) electrons. The number of carbonyl (C=O) groups is 3. The minimum absolute atomic E-state index is 0.226. The number of nitrogens with one attached hydrogen (secondary N) is 2. The molecule has 2 amide bonds. The van der Waals surface area contributed by atoms with Crippen LogP contribution in [0, 0.1) is 13.8 Å². The summed E-state index contributed by atoms with van der Waals surface area (Å²) in [5, 5.41) is 5.25. The molecule has 1 unspecified atom stereocenters. The maximum Gasteiger partial charge on any atom is 0.331 e. The van der Waals surface area contributed by atoms with E-state index < -0.39 is 18.0 Å². The topological polar surface area (TPSA) is 93.7 Å². The Kier molecular flexibility index (Phi) is 8.81. The summed E-state index contributed by atoms with van der Waals surface area (Å²) in [5.74, 6) is -0.829. The fraction of sp³-hybridized carbons (Fsp3) is 0.292. The van der Waals surface area contributed by atoms with Crippen molar-refractivity contribution in [3.05, 3.63) is 65.2 Å². The van der Waals surface area contributed by atoms with Crippen molar-refractivity contribution in [2.75, 3.05) is 18.5 Å². The highest BCUT2D eigenvalue weighted by Crippen LogP contribution is 2.19. The Hall–Kier alpha value is -3.61. The predicted molar refractivity (Wildman–Crippen MR) is 120 cm³/mol. The average molecular weight is 424 g/mol. The third-order valence-corrected chi connectivity index (χ3v) is 4.43. The normalized spacial score (nSPS) is 11.6. The van der Waals surface area contributed by atoms with Gasteiger partial charge in [-0.1, -0.05) is 30.3 Å². The molecule has 0 spiro atoms. The number of para-hydroxylation sites is 1. The molecule has 2 rings (SSSR count). The molecule has 0 saturated carbocycles. The Bertz CT molecular complexity index is 931. The summed E-state index contributed by atoms with van der Waals surface area (Å²) in [6.45, 7) is 7.48. The molecule has 0 bridgehead atoms. The highest BCUT2D eigenvalue weighted by Gasteiger charge is 2.17. The second-order valence-corrected chi connectivity index (χ2v) is 6.95. The fourth-order valence-electron chi connectivity index (χ4n) is 2.78. The summed E-state index contributed by atoms with van der Waals surface area (Å²) in [7, 11) is 0. The lowest BCUT2D eigenvalue weighted by atomic mass is 10.1. The average Bonchev–Trinajstić information content (AvgIpc) is 2.74. The van der Waals surface area contributed by atoms with Gasteiger partial charge in [0.2, 0.25) is 5.91 Å². The Balaban J connectivity index is 1.79. The maximum atomic E-state index is 12.1. The molecule has 0 aromatic heterocycles. The monoisotopic (exact) mass is 424 g/mol. The summed E-state index contributed by atoms with van der Waals surface area (Å²) in [5.41, 5.74) is 3.38. The third kappa shape index (κ3) is 7.62. The van der Waals surface area contributed by atoms with E-state index in [-0.39, 0.29) is 12.5 Å². The lowest BCUT2D eigenvalue weighted by molar-refractivity contribution is -0.150. The van der Waals surface area contributed by atoms with Gasteiger partial charge in [0.05, 0.1) is 13.2 Å². The molecule has 0 saturated heterocycles. The van der Waals surface area contributed by atoms with Gasteiger partial charge in [-0.25, -0.2) is 4.79 Å². The maximum absolute atomic E-state index is 12.1. The van der Waals surface area contributed by atoms with E-state index in [0.29, 0.717) is 6.61 Å². The fourth-order valence-corrected chi connectivity index (χ4v) is 2.78. The second kappa shape index (κ2) is 11.5. The van der Waals surface area contributed by atoms with Gasteiger partial charge in [-0.15, -0.1) is 0 Å². The van der Waals surface area contributed by atoms with Crippen molar-refractivity contribution in [3.63, 3.8) is 0 Å². The second-order valence-electron chi connectivity index (χ2n) is 6.95. The van der Waals surface area contributed by atoms with Gasteiger partial charge in [0, 0.05) is 11.8 Å². The third-order valence-electron chi connectivity index (χ3n) is 4.43. The van der Waals surface area contributed by atoms with Crippen molar-refractivity contribution in [2.24, 2.45) is 0 Å². The standard InChI is InChI=1S/C24H28N2O5/c1-5-30-20-12-9-19(10-13-20)11-14-22(28)31-18(4)24(29)25-15-21(27)26-23-16(2)7-6-8-17(23)3/h6-14,18H,5,15H2,1-4H3,(H,25,29)(H,26,27)/b14-11+. The van der Waals surface area contributed by atoms with Crippen LogP contribution in [-0.4, -0.2) is 37.0 Å². The highest BCUT2D eigenvalue weighted by atomic mass is 16.5. The zero-order chi connectivity index (χ0) is 22.8. The number of ether oxygens (including phenoxy) is 2. The van der Waals surface area contributed by atoms with Crippen LogP contribution >= 0.6 is 0 Å². The predicted octanol–water partition coefficient (Wildman–Crippen LogP) is 3.40. The number of anilines is 1. The molecule has 7 nitrogen and oxygen atoms in total. The number of hydrogen-bond acceptors (Lipinski definition) is 5. The molecule has 2 aromatic carbocycles. The van der Waals surface area contributed by atoms with Crippen LogP contribution in [-0.2, 0) is 19.1 Å². The minimum Gasteiger partial charge on any atom is -0.494 e. The summed E-state index contributed by atoms with van der Waals surface area (Å²) in [4.78, 5) is 36.2. The summed E-state index contributed by atoms with van der Waals surface area (Å²) in [6, 6.07) is 12.9. The van der Waals surface area contributed by atoms with E-state index in [4.69, 9.17) is 9.47 Å². The number of hydrogen-bond donors (Lipinski definition) is 2. The molecule has 2 N–H and O–H groups in total. The Morgan fingerprint density at radius 1 is 1.03 bits per heavy atom. The Morgan fingerprint density at radius 3 is 2.29 bits per heavy atom. The molecule has 0 aliphatic rings. The van der Waals surface area contributed by atoms with Crippen molar-refractivity contribution in [1.29, 1.82) is 0 Å².